The molecule has 0 saturated carbocycles. The van der Waals surface area contributed by atoms with Crippen LogP contribution in [-0.2, 0) is 6.54 Å². The van der Waals surface area contributed by atoms with Gasteiger partial charge in [-0.3, -0.25) is 14.7 Å². The molecule has 1 fully saturated rings. The number of phenols is 1. The summed E-state index contributed by atoms with van der Waals surface area (Å²) in [5, 5.41) is 9.92. The average Bonchev–Trinajstić information content (AvgIpc) is 2.77. The lowest BCUT2D eigenvalue weighted by Gasteiger charge is -2.32. The molecule has 30 heavy (non-hydrogen) atoms. The predicted molar refractivity (Wildman–Crippen MR) is 115 cm³/mol. The van der Waals surface area contributed by atoms with Crippen LogP contribution in [0.3, 0.4) is 0 Å². The SMILES string of the molecule is CCOc1cc(CN2CCCC(c3cc(=O)[nH]c(-c4ccccn4)n3)C2)ccc1O. The van der Waals surface area contributed by atoms with Gasteiger partial charge in [-0.05, 0) is 56.1 Å². The zero-order valence-corrected chi connectivity index (χ0v) is 17.0. The lowest BCUT2D eigenvalue weighted by molar-refractivity contribution is 0.198. The highest BCUT2D eigenvalue weighted by atomic mass is 16.5. The zero-order valence-electron chi connectivity index (χ0n) is 17.0. The van der Waals surface area contributed by atoms with Crippen molar-refractivity contribution in [2.75, 3.05) is 19.7 Å². The lowest BCUT2D eigenvalue weighted by Crippen LogP contribution is -2.34. The van der Waals surface area contributed by atoms with Crippen LogP contribution in [0.1, 0.15) is 36.9 Å². The molecule has 0 aliphatic carbocycles. The summed E-state index contributed by atoms with van der Waals surface area (Å²) in [4.78, 5) is 26.4. The number of piperidine rings is 1. The summed E-state index contributed by atoms with van der Waals surface area (Å²) >= 11 is 0. The number of nitrogens with zero attached hydrogens (tertiary/aromatic N) is 3. The number of aromatic nitrogens is 3. The number of likely N-dealkylation sites (tertiary alicyclic amines) is 1. The fraction of sp³-hybridized carbons (Fsp3) is 0.348. The molecule has 156 valence electrons. The number of aromatic amines is 1. The van der Waals surface area contributed by atoms with Crippen molar-refractivity contribution in [3.05, 3.63) is 70.3 Å². The number of rotatable bonds is 6. The molecule has 1 unspecified atom stereocenters. The molecule has 1 aliphatic heterocycles. The summed E-state index contributed by atoms with van der Waals surface area (Å²) in [6, 6.07) is 12.7. The van der Waals surface area contributed by atoms with Crippen LogP contribution in [0, 0.1) is 0 Å². The van der Waals surface area contributed by atoms with E-state index in [1.807, 2.05) is 37.3 Å². The standard InChI is InChI=1S/C23H26N4O3/c1-2-30-21-12-16(8-9-20(21)28)14-27-11-5-6-17(15-27)19-13-22(29)26-23(25-19)18-7-3-4-10-24-18/h3-4,7-10,12-13,17,28H,2,5-6,11,14-15H2,1H3,(H,25,26,29). The third kappa shape index (κ3) is 4.68. The molecule has 4 rings (SSSR count). The average molecular weight is 406 g/mol. The van der Waals surface area contributed by atoms with Gasteiger partial charge >= 0.3 is 0 Å². The van der Waals surface area contributed by atoms with E-state index in [9.17, 15) is 9.90 Å². The van der Waals surface area contributed by atoms with Gasteiger partial charge in [0.2, 0.25) is 0 Å². The van der Waals surface area contributed by atoms with Crippen molar-refractivity contribution in [1.29, 1.82) is 0 Å². The normalized spacial score (nSPS) is 17.0. The molecule has 7 nitrogen and oxygen atoms in total. The molecule has 3 aromatic rings. The summed E-state index contributed by atoms with van der Waals surface area (Å²) in [6.45, 7) is 4.97. The van der Waals surface area contributed by atoms with Gasteiger partial charge in [-0.2, -0.15) is 0 Å². The molecule has 1 atom stereocenters. The summed E-state index contributed by atoms with van der Waals surface area (Å²) in [7, 11) is 0. The van der Waals surface area contributed by atoms with E-state index in [4.69, 9.17) is 9.72 Å². The second-order valence-corrected chi connectivity index (χ2v) is 7.54. The van der Waals surface area contributed by atoms with Gasteiger partial charge in [-0.1, -0.05) is 12.1 Å². The van der Waals surface area contributed by atoms with Gasteiger partial charge in [0.25, 0.3) is 5.56 Å². The topological polar surface area (TPSA) is 91.3 Å². The van der Waals surface area contributed by atoms with Crippen molar-refractivity contribution in [3.8, 4) is 23.0 Å². The molecule has 1 aromatic carbocycles. The maximum atomic E-state index is 12.3. The maximum Gasteiger partial charge on any atom is 0.251 e. The zero-order chi connectivity index (χ0) is 20.9. The first-order valence-electron chi connectivity index (χ1n) is 10.3. The minimum absolute atomic E-state index is 0.155. The number of phenolic OH excluding ortho intramolecular Hbond substituents is 1. The second-order valence-electron chi connectivity index (χ2n) is 7.54. The van der Waals surface area contributed by atoms with Gasteiger partial charge in [0, 0.05) is 31.3 Å². The van der Waals surface area contributed by atoms with E-state index >= 15 is 0 Å². The monoisotopic (exact) mass is 406 g/mol. The molecule has 0 amide bonds. The van der Waals surface area contributed by atoms with Crippen molar-refractivity contribution in [1.82, 2.24) is 19.9 Å². The van der Waals surface area contributed by atoms with Gasteiger partial charge in [-0.25, -0.2) is 4.98 Å². The van der Waals surface area contributed by atoms with Crippen LogP contribution in [0.4, 0.5) is 0 Å². The summed E-state index contributed by atoms with van der Waals surface area (Å²) in [5.74, 6) is 1.37. The van der Waals surface area contributed by atoms with E-state index in [2.05, 4.69) is 14.9 Å². The fourth-order valence-electron chi connectivity index (χ4n) is 3.94. The molecule has 0 bridgehead atoms. The maximum absolute atomic E-state index is 12.3. The Bertz CT molecular complexity index is 1050. The predicted octanol–water partition coefficient (Wildman–Crippen LogP) is 3.32. The molecule has 7 heteroatoms. The summed E-state index contributed by atoms with van der Waals surface area (Å²) < 4.78 is 5.50. The van der Waals surface area contributed by atoms with Crippen LogP contribution in [0.2, 0.25) is 0 Å². The highest BCUT2D eigenvalue weighted by Gasteiger charge is 2.24. The second kappa shape index (κ2) is 9.09. The van der Waals surface area contributed by atoms with Crippen LogP contribution in [0.15, 0.2) is 53.5 Å². The Labute approximate surface area is 175 Å². The van der Waals surface area contributed by atoms with E-state index < -0.39 is 0 Å². The van der Waals surface area contributed by atoms with Gasteiger partial charge in [0.1, 0.15) is 5.69 Å². The minimum Gasteiger partial charge on any atom is -0.504 e. The number of hydrogen-bond acceptors (Lipinski definition) is 6. The van der Waals surface area contributed by atoms with Crippen LogP contribution < -0.4 is 10.3 Å². The Morgan fingerprint density at radius 3 is 2.97 bits per heavy atom. The Kier molecular flexibility index (Phi) is 6.09. The number of nitrogens with one attached hydrogen (secondary N) is 1. The molecule has 1 saturated heterocycles. The lowest BCUT2D eigenvalue weighted by atomic mass is 9.94. The first kappa shape index (κ1) is 20.1. The third-order valence-corrected chi connectivity index (χ3v) is 5.32. The third-order valence-electron chi connectivity index (χ3n) is 5.32. The Balaban J connectivity index is 1.51. The van der Waals surface area contributed by atoms with Crippen molar-refractivity contribution in [2.45, 2.75) is 32.2 Å². The van der Waals surface area contributed by atoms with Crippen LogP contribution in [-0.4, -0.2) is 44.7 Å². The molecule has 0 spiro atoms. The fourth-order valence-corrected chi connectivity index (χ4v) is 3.94. The molecule has 3 heterocycles. The van der Waals surface area contributed by atoms with Crippen LogP contribution in [0.25, 0.3) is 11.5 Å². The van der Waals surface area contributed by atoms with Gasteiger partial charge in [-0.15, -0.1) is 0 Å². The number of aromatic hydroxyl groups is 1. The summed E-state index contributed by atoms with van der Waals surface area (Å²) in [6.07, 6.45) is 3.72. The molecule has 2 N–H and O–H groups in total. The van der Waals surface area contributed by atoms with E-state index in [1.165, 1.54) is 0 Å². The minimum atomic E-state index is -0.155. The van der Waals surface area contributed by atoms with Crippen LogP contribution in [0.5, 0.6) is 11.5 Å². The largest absolute Gasteiger partial charge is 0.504 e. The van der Waals surface area contributed by atoms with Crippen molar-refractivity contribution < 1.29 is 9.84 Å². The highest BCUT2D eigenvalue weighted by molar-refractivity contribution is 5.48. The number of hydrogen-bond donors (Lipinski definition) is 2. The molecular formula is C23H26N4O3. The van der Waals surface area contributed by atoms with Crippen molar-refractivity contribution in [2.24, 2.45) is 0 Å². The first-order chi connectivity index (χ1) is 14.6. The Morgan fingerprint density at radius 1 is 1.27 bits per heavy atom. The molecule has 2 aromatic heterocycles. The van der Waals surface area contributed by atoms with Gasteiger partial charge in [0.15, 0.2) is 17.3 Å². The quantitative estimate of drug-likeness (QED) is 0.653. The van der Waals surface area contributed by atoms with E-state index in [1.54, 1.807) is 18.3 Å². The Hall–Kier alpha value is -3.19. The van der Waals surface area contributed by atoms with Crippen molar-refractivity contribution in [3.63, 3.8) is 0 Å². The van der Waals surface area contributed by atoms with E-state index in [0.717, 1.165) is 43.7 Å². The molecule has 1 aliphatic rings. The Morgan fingerprint density at radius 2 is 2.17 bits per heavy atom. The number of benzene rings is 1. The highest BCUT2D eigenvalue weighted by Crippen LogP contribution is 2.30. The number of pyridine rings is 1. The van der Waals surface area contributed by atoms with Crippen LogP contribution >= 0.6 is 0 Å². The molecular weight excluding hydrogens is 380 g/mol. The number of H-pyrrole nitrogens is 1. The van der Waals surface area contributed by atoms with Gasteiger partial charge in [0.05, 0.1) is 12.3 Å². The number of ether oxygens (including phenoxy) is 1. The summed E-state index contributed by atoms with van der Waals surface area (Å²) in [5.41, 5.74) is 2.41. The van der Waals surface area contributed by atoms with E-state index in [-0.39, 0.29) is 17.2 Å². The van der Waals surface area contributed by atoms with Gasteiger partial charge < -0.3 is 14.8 Å². The first-order valence-corrected chi connectivity index (χ1v) is 10.3. The van der Waals surface area contributed by atoms with E-state index in [0.29, 0.717) is 23.9 Å². The van der Waals surface area contributed by atoms with Crippen molar-refractivity contribution >= 4 is 0 Å². The smallest absolute Gasteiger partial charge is 0.251 e. The molecule has 0 radical (unpaired) electrons.